The lowest BCUT2D eigenvalue weighted by atomic mass is 10.1. The minimum absolute atomic E-state index is 0.115. The van der Waals surface area contributed by atoms with E-state index in [1.807, 2.05) is 0 Å². The third-order valence-electron chi connectivity index (χ3n) is 3.94. The van der Waals surface area contributed by atoms with E-state index in [4.69, 9.17) is 32.7 Å². The summed E-state index contributed by atoms with van der Waals surface area (Å²) in [7, 11) is 1.54. The van der Waals surface area contributed by atoms with Gasteiger partial charge in [0.1, 0.15) is 13.2 Å². The molecule has 8 heteroatoms. The highest BCUT2D eigenvalue weighted by Gasteiger charge is 2.16. The zero-order chi connectivity index (χ0) is 20.1. The number of halogens is 2. The molecule has 0 bridgehead atoms. The molecule has 0 saturated heterocycles. The summed E-state index contributed by atoms with van der Waals surface area (Å²) in [5, 5.41) is 3.52. The van der Waals surface area contributed by atoms with E-state index in [1.165, 1.54) is 18.0 Å². The highest BCUT2D eigenvalue weighted by molar-refractivity contribution is 6.33. The number of amides is 2. The standard InChI is InChI=1S/C20H18Cl2N2O4/c1-24(12-18(25)23-16-5-3-2-4-14(16)21)19(26)7-6-13-10-15(22)20-17(11-13)27-8-9-28-20/h2-7,10-11H,8-9,12H2,1H3,(H,23,25). The van der Waals surface area contributed by atoms with Crippen molar-refractivity contribution in [1.82, 2.24) is 4.90 Å². The van der Waals surface area contributed by atoms with Crippen LogP contribution in [0.5, 0.6) is 11.5 Å². The number of nitrogens with one attached hydrogen (secondary N) is 1. The van der Waals surface area contributed by atoms with Crippen LogP contribution in [0.4, 0.5) is 5.69 Å². The summed E-state index contributed by atoms with van der Waals surface area (Å²) in [4.78, 5) is 25.7. The zero-order valence-corrected chi connectivity index (χ0v) is 16.6. The molecule has 0 spiro atoms. The number of likely N-dealkylation sites (N-methyl/N-ethyl adjacent to an activating group) is 1. The molecule has 0 fully saturated rings. The first-order valence-corrected chi connectivity index (χ1v) is 9.26. The molecule has 6 nitrogen and oxygen atoms in total. The van der Waals surface area contributed by atoms with Gasteiger partial charge in [0, 0.05) is 13.1 Å². The third-order valence-corrected chi connectivity index (χ3v) is 4.55. The topological polar surface area (TPSA) is 67.9 Å². The monoisotopic (exact) mass is 420 g/mol. The lowest BCUT2D eigenvalue weighted by Crippen LogP contribution is -2.33. The minimum Gasteiger partial charge on any atom is -0.486 e. The average molecular weight is 421 g/mol. The summed E-state index contributed by atoms with van der Waals surface area (Å²) in [6.07, 6.45) is 2.97. The Morgan fingerprint density at radius 2 is 1.89 bits per heavy atom. The van der Waals surface area contributed by atoms with Crippen molar-refractivity contribution in [2.45, 2.75) is 0 Å². The molecule has 2 amide bonds. The Morgan fingerprint density at radius 3 is 2.68 bits per heavy atom. The number of nitrogens with zero attached hydrogens (tertiary/aromatic N) is 1. The molecule has 0 saturated carbocycles. The fourth-order valence-electron chi connectivity index (χ4n) is 2.57. The second-order valence-electron chi connectivity index (χ2n) is 6.08. The Labute approximate surface area is 172 Å². The van der Waals surface area contributed by atoms with Gasteiger partial charge in [-0.25, -0.2) is 0 Å². The number of carbonyl (C=O) groups is 2. The summed E-state index contributed by atoms with van der Waals surface area (Å²) in [6.45, 7) is 0.774. The van der Waals surface area contributed by atoms with Crippen LogP contribution >= 0.6 is 23.2 Å². The van der Waals surface area contributed by atoms with E-state index in [2.05, 4.69) is 5.32 Å². The van der Waals surface area contributed by atoms with Crippen molar-refractivity contribution in [3.63, 3.8) is 0 Å². The van der Waals surface area contributed by atoms with Gasteiger partial charge in [0.25, 0.3) is 0 Å². The van der Waals surface area contributed by atoms with E-state index in [9.17, 15) is 9.59 Å². The van der Waals surface area contributed by atoms with Crippen molar-refractivity contribution in [2.24, 2.45) is 0 Å². The lowest BCUT2D eigenvalue weighted by Gasteiger charge is -2.19. The van der Waals surface area contributed by atoms with Gasteiger partial charge < -0.3 is 19.7 Å². The third kappa shape index (κ3) is 4.97. The maximum atomic E-state index is 12.3. The smallest absolute Gasteiger partial charge is 0.246 e. The highest BCUT2D eigenvalue weighted by atomic mass is 35.5. The Kier molecular flexibility index (Phi) is 6.44. The van der Waals surface area contributed by atoms with Crippen molar-refractivity contribution < 1.29 is 19.1 Å². The summed E-state index contributed by atoms with van der Waals surface area (Å²) < 4.78 is 11.0. The van der Waals surface area contributed by atoms with Gasteiger partial charge in [-0.15, -0.1) is 0 Å². The highest BCUT2D eigenvalue weighted by Crippen LogP contribution is 2.38. The summed E-state index contributed by atoms with van der Waals surface area (Å²) in [5.41, 5.74) is 1.19. The summed E-state index contributed by atoms with van der Waals surface area (Å²) in [5.74, 6) is 0.364. The van der Waals surface area contributed by atoms with E-state index in [1.54, 1.807) is 42.5 Å². The molecule has 3 rings (SSSR count). The number of benzene rings is 2. The van der Waals surface area contributed by atoms with E-state index in [-0.39, 0.29) is 18.4 Å². The Morgan fingerprint density at radius 1 is 1.14 bits per heavy atom. The van der Waals surface area contributed by atoms with Gasteiger partial charge in [0.2, 0.25) is 11.8 Å². The molecule has 2 aromatic carbocycles. The molecule has 0 unspecified atom stereocenters. The van der Waals surface area contributed by atoms with Crippen molar-refractivity contribution in [3.05, 3.63) is 58.1 Å². The molecule has 28 heavy (non-hydrogen) atoms. The van der Waals surface area contributed by atoms with Gasteiger partial charge in [0.05, 0.1) is 22.3 Å². The number of para-hydroxylation sites is 1. The number of anilines is 1. The Bertz CT molecular complexity index is 930. The molecule has 2 aromatic rings. The van der Waals surface area contributed by atoms with E-state index < -0.39 is 0 Å². The van der Waals surface area contributed by atoms with Crippen LogP contribution in [0, 0.1) is 0 Å². The molecule has 1 heterocycles. The normalized spacial score (nSPS) is 12.7. The number of hydrogen-bond acceptors (Lipinski definition) is 4. The van der Waals surface area contributed by atoms with Crippen molar-refractivity contribution in [2.75, 3.05) is 32.1 Å². The zero-order valence-electron chi connectivity index (χ0n) is 15.1. The molecule has 1 aliphatic rings. The molecular formula is C20H18Cl2N2O4. The minimum atomic E-state index is -0.347. The SMILES string of the molecule is CN(CC(=O)Nc1ccccc1Cl)C(=O)C=Cc1cc(Cl)c2c(c1)OCCO2. The molecule has 0 radical (unpaired) electrons. The number of rotatable bonds is 5. The summed E-state index contributed by atoms with van der Waals surface area (Å²) >= 11 is 12.2. The Hall–Kier alpha value is -2.70. The van der Waals surface area contributed by atoms with E-state index >= 15 is 0 Å². The maximum absolute atomic E-state index is 12.3. The van der Waals surface area contributed by atoms with Crippen LogP contribution in [0.25, 0.3) is 6.08 Å². The second kappa shape index (κ2) is 8.99. The molecule has 1 aliphatic heterocycles. The van der Waals surface area contributed by atoms with Gasteiger partial charge >= 0.3 is 0 Å². The molecule has 1 N–H and O–H groups in total. The lowest BCUT2D eigenvalue weighted by molar-refractivity contribution is -0.129. The quantitative estimate of drug-likeness (QED) is 0.745. The van der Waals surface area contributed by atoms with E-state index in [0.717, 1.165) is 0 Å². The largest absolute Gasteiger partial charge is 0.486 e. The van der Waals surface area contributed by atoms with Crippen LogP contribution in [0.15, 0.2) is 42.5 Å². The summed E-state index contributed by atoms with van der Waals surface area (Å²) in [6, 6.07) is 10.3. The van der Waals surface area contributed by atoms with Crippen LogP contribution in [0.3, 0.4) is 0 Å². The predicted molar refractivity (Wildman–Crippen MR) is 109 cm³/mol. The molecule has 0 aromatic heterocycles. The average Bonchev–Trinajstić information content (AvgIpc) is 2.68. The van der Waals surface area contributed by atoms with Crippen LogP contribution in [-0.2, 0) is 9.59 Å². The molecule has 0 aliphatic carbocycles. The van der Waals surface area contributed by atoms with Crippen LogP contribution in [0.2, 0.25) is 10.0 Å². The molecular weight excluding hydrogens is 403 g/mol. The number of carbonyl (C=O) groups excluding carboxylic acids is 2. The van der Waals surface area contributed by atoms with Gasteiger partial charge in [0.15, 0.2) is 11.5 Å². The fraction of sp³-hybridized carbons (Fsp3) is 0.200. The van der Waals surface area contributed by atoms with Crippen molar-refractivity contribution >= 4 is 46.8 Å². The molecule has 146 valence electrons. The fourth-order valence-corrected chi connectivity index (χ4v) is 3.02. The van der Waals surface area contributed by atoms with Crippen LogP contribution < -0.4 is 14.8 Å². The second-order valence-corrected chi connectivity index (χ2v) is 6.90. The Balaban J connectivity index is 1.60. The first-order chi connectivity index (χ1) is 13.4. The van der Waals surface area contributed by atoms with E-state index in [0.29, 0.717) is 46.0 Å². The first kappa shape index (κ1) is 20.0. The number of fused-ring (bicyclic) bond motifs is 1. The van der Waals surface area contributed by atoms with Crippen molar-refractivity contribution in [3.8, 4) is 11.5 Å². The van der Waals surface area contributed by atoms with Gasteiger partial charge in [-0.3, -0.25) is 9.59 Å². The molecule has 0 atom stereocenters. The van der Waals surface area contributed by atoms with Crippen molar-refractivity contribution in [1.29, 1.82) is 0 Å². The number of hydrogen-bond donors (Lipinski definition) is 1. The van der Waals surface area contributed by atoms with Crippen LogP contribution in [-0.4, -0.2) is 43.5 Å². The number of ether oxygens (including phenoxy) is 2. The first-order valence-electron chi connectivity index (χ1n) is 8.51. The maximum Gasteiger partial charge on any atom is 0.246 e. The van der Waals surface area contributed by atoms with Crippen LogP contribution in [0.1, 0.15) is 5.56 Å². The van der Waals surface area contributed by atoms with Gasteiger partial charge in [-0.1, -0.05) is 35.3 Å². The van der Waals surface area contributed by atoms with Gasteiger partial charge in [-0.2, -0.15) is 0 Å². The predicted octanol–water partition coefficient (Wildman–Crippen LogP) is 3.87. The van der Waals surface area contributed by atoms with Gasteiger partial charge in [-0.05, 0) is 35.9 Å².